The second-order valence-electron chi connectivity index (χ2n) is 8.27. The minimum atomic E-state index is -0.357. The predicted molar refractivity (Wildman–Crippen MR) is 117 cm³/mol. The number of amides is 1. The van der Waals surface area contributed by atoms with Gasteiger partial charge in [-0.1, -0.05) is 53.9 Å². The molecule has 0 aromatic heterocycles. The summed E-state index contributed by atoms with van der Waals surface area (Å²) in [6, 6.07) is 16.5. The molecule has 1 spiro atoms. The molecule has 2 aliphatic heterocycles. The van der Waals surface area contributed by atoms with Crippen molar-refractivity contribution in [3.8, 4) is 0 Å². The minimum absolute atomic E-state index is 0.266. The van der Waals surface area contributed by atoms with Crippen LogP contribution < -0.4 is 4.90 Å². The normalized spacial score (nSPS) is 27.4. The lowest BCUT2D eigenvalue weighted by Gasteiger charge is -2.32. The van der Waals surface area contributed by atoms with E-state index in [1.807, 2.05) is 24.1 Å². The van der Waals surface area contributed by atoms with E-state index in [-0.39, 0.29) is 11.3 Å². The van der Waals surface area contributed by atoms with Crippen molar-refractivity contribution < 1.29 is 4.79 Å². The number of carbonyl (C=O) groups excluding carboxylic acids is 1. The molecule has 146 valence electrons. The molecule has 2 atom stereocenters. The summed E-state index contributed by atoms with van der Waals surface area (Å²) in [7, 11) is 0. The molecule has 5 rings (SSSR count). The highest BCUT2D eigenvalue weighted by Crippen LogP contribution is 2.66. The van der Waals surface area contributed by atoms with Gasteiger partial charge >= 0.3 is 0 Å². The second-order valence-corrected chi connectivity index (χ2v) is 9.59. The van der Waals surface area contributed by atoms with Crippen molar-refractivity contribution in [2.45, 2.75) is 30.6 Å². The van der Waals surface area contributed by atoms with Crippen LogP contribution in [0, 0.1) is 5.92 Å². The Hall–Kier alpha value is -1.49. The van der Waals surface area contributed by atoms with Crippen molar-refractivity contribution in [3.05, 3.63) is 64.7 Å². The number of rotatable bonds is 4. The second kappa shape index (κ2) is 7.08. The van der Waals surface area contributed by atoms with Gasteiger partial charge in [0.05, 0.1) is 5.41 Å². The summed E-state index contributed by atoms with van der Waals surface area (Å²) in [6.07, 6.45) is 5.39. The highest BCUT2D eigenvalue weighted by Gasteiger charge is 2.67. The Morgan fingerprint density at radius 3 is 2.54 bits per heavy atom. The maximum absolute atomic E-state index is 13.7. The monoisotopic (exact) mass is 412 g/mol. The van der Waals surface area contributed by atoms with Crippen LogP contribution in [0.1, 0.15) is 36.3 Å². The van der Waals surface area contributed by atoms with Gasteiger partial charge in [0.15, 0.2) is 0 Å². The van der Waals surface area contributed by atoms with Crippen molar-refractivity contribution >= 4 is 35.1 Å². The highest BCUT2D eigenvalue weighted by molar-refractivity contribution is 7.96. The van der Waals surface area contributed by atoms with Gasteiger partial charge < -0.3 is 4.90 Å². The van der Waals surface area contributed by atoms with Gasteiger partial charge in [-0.25, -0.2) is 0 Å². The summed E-state index contributed by atoms with van der Waals surface area (Å²) in [4.78, 5) is 15.8. The van der Waals surface area contributed by atoms with E-state index in [1.54, 1.807) is 0 Å². The summed E-state index contributed by atoms with van der Waals surface area (Å²) < 4.78 is 2.43. The van der Waals surface area contributed by atoms with E-state index < -0.39 is 0 Å². The van der Waals surface area contributed by atoms with E-state index in [0.717, 1.165) is 36.8 Å². The van der Waals surface area contributed by atoms with Crippen LogP contribution in [0.4, 0.5) is 5.69 Å². The lowest BCUT2D eigenvalue weighted by atomic mass is 9.92. The summed E-state index contributed by atoms with van der Waals surface area (Å²) in [5.74, 6) is 1.16. The summed E-state index contributed by atoms with van der Waals surface area (Å²) in [5.41, 5.74) is 3.23. The van der Waals surface area contributed by atoms with Crippen molar-refractivity contribution in [3.63, 3.8) is 0 Å². The third kappa shape index (κ3) is 2.89. The van der Waals surface area contributed by atoms with Crippen molar-refractivity contribution in [1.29, 1.82) is 0 Å². The number of hydrogen-bond acceptors (Lipinski definition) is 3. The lowest BCUT2D eigenvalue weighted by molar-refractivity contribution is -0.120. The number of para-hydroxylation sites is 1. The van der Waals surface area contributed by atoms with Crippen LogP contribution in [0.25, 0.3) is 0 Å². The molecule has 2 aromatic carbocycles. The van der Waals surface area contributed by atoms with Gasteiger partial charge in [0, 0.05) is 36.3 Å². The zero-order chi connectivity index (χ0) is 19.3. The summed E-state index contributed by atoms with van der Waals surface area (Å²) in [5, 5.41) is 0.745. The number of nitrogens with zero attached hydrogens (tertiary/aromatic N) is 2. The first-order chi connectivity index (χ1) is 13.6. The van der Waals surface area contributed by atoms with Crippen LogP contribution in [0.2, 0.25) is 5.02 Å². The maximum Gasteiger partial charge on any atom is 0.238 e. The molecule has 1 amide bonds. The number of piperidine rings is 1. The highest BCUT2D eigenvalue weighted by atomic mass is 35.5. The fourth-order valence-corrected chi connectivity index (χ4v) is 5.86. The van der Waals surface area contributed by atoms with Crippen molar-refractivity contribution in [2.24, 2.45) is 5.92 Å². The van der Waals surface area contributed by atoms with Gasteiger partial charge in [0.25, 0.3) is 0 Å². The molecule has 3 nitrogen and oxygen atoms in total. The molecule has 1 aliphatic carbocycles. The Bertz CT molecular complexity index is 894. The zero-order valence-corrected chi connectivity index (χ0v) is 17.7. The average Bonchev–Trinajstić information content (AvgIpc) is 3.44. The molecule has 3 aliphatic rings. The molecule has 2 heterocycles. The molecule has 5 heteroatoms. The van der Waals surface area contributed by atoms with E-state index >= 15 is 0 Å². The number of halogens is 1. The molecular formula is C23H25ClN2OS. The zero-order valence-electron chi connectivity index (χ0n) is 16.1. The van der Waals surface area contributed by atoms with E-state index in [1.165, 1.54) is 24.0 Å². The number of anilines is 1. The SMILES string of the molecule is CSN1CCC(CN2C(=O)[C@]3(CC3c3ccc(Cl)cc3)c3ccccc32)CC1. The fourth-order valence-electron chi connectivity index (χ4n) is 5.16. The third-order valence-electron chi connectivity index (χ3n) is 6.81. The molecule has 1 saturated carbocycles. The first kappa shape index (κ1) is 18.5. The molecule has 2 fully saturated rings. The van der Waals surface area contributed by atoms with Crippen LogP contribution >= 0.6 is 23.5 Å². The topological polar surface area (TPSA) is 23.6 Å². The van der Waals surface area contributed by atoms with Crippen molar-refractivity contribution in [1.82, 2.24) is 4.31 Å². The van der Waals surface area contributed by atoms with Crippen LogP contribution in [-0.2, 0) is 10.2 Å². The van der Waals surface area contributed by atoms with E-state index in [0.29, 0.717) is 11.8 Å². The fraction of sp³-hybridized carbons (Fsp3) is 0.435. The first-order valence-electron chi connectivity index (χ1n) is 10.1. The number of benzene rings is 2. The standard InChI is InChI=1S/C23H25ClN2OS/c1-28-25-12-10-16(11-13-25)15-26-21-5-3-2-4-19(21)23(22(26)27)14-20(23)17-6-8-18(24)9-7-17/h2-9,16,20H,10-15H2,1H3/t20?,23-/m1/s1. The molecule has 0 radical (unpaired) electrons. The van der Waals surface area contributed by atoms with Crippen LogP contribution in [-0.4, -0.2) is 36.1 Å². The Morgan fingerprint density at radius 1 is 1.11 bits per heavy atom. The predicted octanol–water partition coefficient (Wildman–Crippen LogP) is 5.10. The Kier molecular flexibility index (Phi) is 4.69. The Labute approximate surface area is 176 Å². The smallest absolute Gasteiger partial charge is 0.238 e. The Balaban J connectivity index is 1.41. The van der Waals surface area contributed by atoms with E-state index in [9.17, 15) is 4.79 Å². The van der Waals surface area contributed by atoms with Gasteiger partial charge in [-0.3, -0.25) is 9.10 Å². The molecule has 2 aromatic rings. The molecular weight excluding hydrogens is 388 g/mol. The van der Waals surface area contributed by atoms with Crippen molar-refractivity contribution in [2.75, 3.05) is 30.8 Å². The van der Waals surface area contributed by atoms with Gasteiger partial charge in [0.1, 0.15) is 0 Å². The summed E-state index contributed by atoms with van der Waals surface area (Å²) in [6.45, 7) is 3.09. The number of fused-ring (bicyclic) bond motifs is 2. The van der Waals surface area contributed by atoms with Gasteiger partial charge in [0.2, 0.25) is 5.91 Å². The largest absolute Gasteiger partial charge is 0.311 e. The van der Waals surface area contributed by atoms with Gasteiger partial charge in [-0.05, 0) is 60.8 Å². The van der Waals surface area contributed by atoms with Gasteiger partial charge in [-0.2, -0.15) is 0 Å². The molecule has 0 bridgehead atoms. The average molecular weight is 413 g/mol. The molecule has 1 unspecified atom stereocenters. The minimum Gasteiger partial charge on any atom is -0.311 e. The summed E-state index contributed by atoms with van der Waals surface area (Å²) >= 11 is 7.90. The maximum atomic E-state index is 13.7. The third-order valence-corrected chi connectivity index (χ3v) is 7.94. The molecule has 28 heavy (non-hydrogen) atoms. The van der Waals surface area contributed by atoms with Crippen LogP contribution in [0.3, 0.4) is 0 Å². The first-order valence-corrected chi connectivity index (χ1v) is 11.7. The van der Waals surface area contributed by atoms with Crippen LogP contribution in [0.15, 0.2) is 48.5 Å². The van der Waals surface area contributed by atoms with Crippen LogP contribution in [0.5, 0.6) is 0 Å². The number of carbonyl (C=O) groups is 1. The Morgan fingerprint density at radius 2 is 1.82 bits per heavy atom. The van der Waals surface area contributed by atoms with E-state index in [4.69, 9.17) is 11.6 Å². The molecule has 1 saturated heterocycles. The number of hydrogen-bond donors (Lipinski definition) is 0. The van der Waals surface area contributed by atoms with Gasteiger partial charge in [-0.15, -0.1) is 0 Å². The quantitative estimate of drug-likeness (QED) is 0.652. The van der Waals surface area contributed by atoms with E-state index in [2.05, 4.69) is 51.9 Å². The lowest BCUT2D eigenvalue weighted by Crippen LogP contribution is -2.40. The molecule has 0 N–H and O–H groups in total.